The van der Waals surface area contributed by atoms with Gasteiger partial charge in [-0.3, -0.25) is 0 Å². The third kappa shape index (κ3) is 3.63. The number of hydrogen-bond donors (Lipinski definition) is 2. The van der Waals surface area contributed by atoms with E-state index in [0.717, 1.165) is 18.5 Å². The van der Waals surface area contributed by atoms with Crippen LogP contribution < -0.4 is 5.32 Å². The lowest BCUT2D eigenvalue weighted by molar-refractivity contribution is 0.149. The van der Waals surface area contributed by atoms with Gasteiger partial charge in [0.25, 0.3) is 0 Å². The number of rotatable bonds is 7. The average molecular weight is 327 g/mol. The molecule has 0 aliphatic carbocycles. The summed E-state index contributed by atoms with van der Waals surface area (Å²) in [6.07, 6.45) is 3.40. The van der Waals surface area contributed by atoms with E-state index in [1.165, 1.54) is 12.1 Å². The SMILES string of the molecule is CCC(CC)(CO)NCc1cn(-c2ccc(F)c(Cl)c2)nn1. The molecular weight excluding hydrogens is 307 g/mol. The lowest BCUT2D eigenvalue weighted by atomic mass is 9.94. The topological polar surface area (TPSA) is 63.0 Å². The first-order valence-electron chi connectivity index (χ1n) is 7.26. The monoisotopic (exact) mass is 326 g/mol. The van der Waals surface area contributed by atoms with Crippen molar-refractivity contribution in [3.8, 4) is 5.69 Å². The average Bonchev–Trinajstić information content (AvgIpc) is 3.01. The van der Waals surface area contributed by atoms with Gasteiger partial charge in [-0.05, 0) is 31.0 Å². The zero-order valence-corrected chi connectivity index (χ0v) is 13.4. The minimum absolute atomic E-state index is 0.0453. The van der Waals surface area contributed by atoms with Crippen molar-refractivity contribution in [3.05, 3.63) is 40.9 Å². The summed E-state index contributed by atoms with van der Waals surface area (Å²) < 4.78 is 14.7. The fraction of sp³-hybridized carbons (Fsp3) is 0.467. The van der Waals surface area contributed by atoms with Gasteiger partial charge in [0.1, 0.15) is 5.82 Å². The zero-order chi connectivity index (χ0) is 16.2. The molecule has 0 fully saturated rings. The van der Waals surface area contributed by atoms with Gasteiger partial charge in [-0.15, -0.1) is 5.10 Å². The molecule has 0 unspecified atom stereocenters. The van der Waals surface area contributed by atoms with E-state index >= 15 is 0 Å². The van der Waals surface area contributed by atoms with E-state index in [-0.39, 0.29) is 17.2 Å². The maximum absolute atomic E-state index is 13.2. The number of nitrogens with one attached hydrogen (secondary N) is 1. The van der Waals surface area contributed by atoms with Crippen molar-refractivity contribution < 1.29 is 9.50 Å². The molecule has 1 aromatic heterocycles. The van der Waals surface area contributed by atoms with Gasteiger partial charge in [-0.1, -0.05) is 30.7 Å². The number of hydrogen-bond acceptors (Lipinski definition) is 4. The largest absolute Gasteiger partial charge is 0.394 e. The predicted molar refractivity (Wildman–Crippen MR) is 83.6 cm³/mol. The van der Waals surface area contributed by atoms with Gasteiger partial charge >= 0.3 is 0 Å². The number of aromatic nitrogens is 3. The maximum atomic E-state index is 13.2. The van der Waals surface area contributed by atoms with Crippen molar-refractivity contribution in [3.63, 3.8) is 0 Å². The summed E-state index contributed by atoms with van der Waals surface area (Å²) in [4.78, 5) is 0. The van der Waals surface area contributed by atoms with Crippen LogP contribution in [0.1, 0.15) is 32.4 Å². The van der Waals surface area contributed by atoms with E-state index in [1.54, 1.807) is 16.9 Å². The summed E-state index contributed by atoms with van der Waals surface area (Å²) in [7, 11) is 0. The number of halogens is 2. The number of aliphatic hydroxyl groups excluding tert-OH is 1. The normalized spacial score (nSPS) is 11.9. The number of benzene rings is 1. The molecule has 0 saturated carbocycles. The fourth-order valence-electron chi connectivity index (χ4n) is 2.19. The van der Waals surface area contributed by atoms with E-state index in [0.29, 0.717) is 12.2 Å². The second-order valence-corrected chi connectivity index (χ2v) is 5.66. The Kier molecular flexibility index (Phi) is 5.50. The molecule has 0 saturated heterocycles. The molecule has 2 N–H and O–H groups in total. The Morgan fingerprint density at radius 2 is 2.09 bits per heavy atom. The summed E-state index contributed by atoms with van der Waals surface area (Å²) in [5.41, 5.74) is 1.08. The highest BCUT2D eigenvalue weighted by Gasteiger charge is 2.24. The lowest BCUT2D eigenvalue weighted by Crippen LogP contribution is -2.47. The molecule has 0 aliphatic heterocycles. The van der Waals surface area contributed by atoms with Crippen LogP contribution in [0.15, 0.2) is 24.4 Å². The summed E-state index contributed by atoms with van der Waals surface area (Å²) in [5.74, 6) is -0.467. The molecule has 22 heavy (non-hydrogen) atoms. The molecule has 0 aliphatic rings. The first kappa shape index (κ1) is 16.9. The summed E-state index contributed by atoms with van der Waals surface area (Å²) >= 11 is 5.77. The van der Waals surface area contributed by atoms with E-state index < -0.39 is 5.82 Å². The molecule has 7 heteroatoms. The molecule has 0 amide bonds. The lowest BCUT2D eigenvalue weighted by Gasteiger charge is -2.30. The third-order valence-corrected chi connectivity index (χ3v) is 4.30. The summed E-state index contributed by atoms with van der Waals surface area (Å²) in [6.45, 7) is 4.63. The minimum atomic E-state index is -0.467. The quantitative estimate of drug-likeness (QED) is 0.821. The van der Waals surface area contributed by atoms with Gasteiger partial charge in [0, 0.05) is 12.1 Å². The van der Waals surface area contributed by atoms with Crippen molar-refractivity contribution in [1.29, 1.82) is 0 Å². The Bertz CT molecular complexity index is 619. The van der Waals surface area contributed by atoms with Crippen LogP contribution in [0.5, 0.6) is 0 Å². The molecule has 2 rings (SSSR count). The highest BCUT2D eigenvalue weighted by Crippen LogP contribution is 2.19. The van der Waals surface area contributed by atoms with Crippen LogP contribution in [0.2, 0.25) is 5.02 Å². The van der Waals surface area contributed by atoms with Crippen LogP contribution in [0.4, 0.5) is 4.39 Å². The molecular formula is C15H20ClFN4O. The third-order valence-electron chi connectivity index (χ3n) is 4.01. The van der Waals surface area contributed by atoms with E-state index in [2.05, 4.69) is 15.6 Å². The van der Waals surface area contributed by atoms with Crippen molar-refractivity contribution in [2.45, 2.75) is 38.8 Å². The number of aliphatic hydroxyl groups is 1. The predicted octanol–water partition coefficient (Wildman–Crippen LogP) is 2.70. The van der Waals surface area contributed by atoms with Crippen LogP contribution in [0.25, 0.3) is 5.69 Å². The first-order chi connectivity index (χ1) is 10.5. The van der Waals surface area contributed by atoms with Crippen molar-refractivity contribution in [2.75, 3.05) is 6.61 Å². The van der Waals surface area contributed by atoms with E-state index in [1.807, 2.05) is 13.8 Å². The molecule has 5 nitrogen and oxygen atoms in total. The van der Waals surface area contributed by atoms with Crippen molar-refractivity contribution in [1.82, 2.24) is 20.3 Å². The number of nitrogens with zero attached hydrogens (tertiary/aromatic N) is 3. The summed E-state index contributed by atoms with van der Waals surface area (Å²) in [6, 6.07) is 4.38. The molecule has 1 heterocycles. The Morgan fingerprint density at radius 3 is 2.68 bits per heavy atom. The van der Waals surface area contributed by atoms with Crippen LogP contribution >= 0.6 is 11.6 Å². The maximum Gasteiger partial charge on any atom is 0.141 e. The summed E-state index contributed by atoms with van der Waals surface area (Å²) in [5, 5.41) is 21.0. The zero-order valence-electron chi connectivity index (χ0n) is 12.7. The van der Waals surface area contributed by atoms with Crippen molar-refractivity contribution in [2.24, 2.45) is 0 Å². The second kappa shape index (κ2) is 7.17. The van der Waals surface area contributed by atoms with Gasteiger partial charge in [-0.2, -0.15) is 0 Å². The molecule has 0 bridgehead atoms. The van der Waals surface area contributed by atoms with Gasteiger partial charge in [0.15, 0.2) is 0 Å². The molecule has 0 spiro atoms. The van der Waals surface area contributed by atoms with Crippen molar-refractivity contribution >= 4 is 11.6 Å². The highest BCUT2D eigenvalue weighted by atomic mass is 35.5. The Labute approximate surface area is 134 Å². The Balaban J connectivity index is 2.10. The smallest absolute Gasteiger partial charge is 0.141 e. The molecule has 2 aromatic rings. The van der Waals surface area contributed by atoms with E-state index in [9.17, 15) is 9.50 Å². The highest BCUT2D eigenvalue weighted by molar-refractivity contribution is 6.30. The van der Waals surface area contributed by atoms with Crippen LogP contribution in [0.3, 0.4) is 0 Å². The van der Waals surface area contributed by atoms with Crippen LogP contribution in [-0.4, -0.2) is 32.2 Å². The standard InChI is InChI=1S/C15H20ClFN4O/c1-3-15(4-2,10-22)18-8-11-9-21(20-19-11)12-5-6-14(17)13(16)7-12/h5-7,9,18,22H,3-4,8,10H2,1-2H3. The Morgan fingerprint density at radius 1 is 1.36 bits per heavy atom. The van der Waals surface area contributed by atoms with Gasteiger partial charge in [0.2, 0.25) is 0 Å². The molecule has 120 valence electrons. The molecule has 0 radical (unpaired) electrons. The second-order valence-electron chi connectivity index (χ2n) is 5.25. The Hall–Kier alpha value is -1.50. The molecule has 1 aromatic carbocycles. The van der Waals surface area contributed by atoms with Gasteiger partial charge < -0.3 is 10.4 Å². The van der Waals surface area contributed by atoms with Gasteiger partial charge in [-0.25, -0.2) is 9.07 Å². The molecule has 0 atom stereocenters. The van der Waals surface area contributed by atoms with Gasteiger partial charge in [0.05, 0.1) is 29.2 Å². The van der Waals surface area contributed by atoms with Crippen LogP contribution in [0, 0.1) is 5.82 Å². The van der Waals surface area contributed by atoms with Crippen LogP contribution in [-0.2, 0) is 6.54 Å². The fourth-order valence-corrected chi connectivity index (χ4v) is 2.37. The van der Waals surface area contributed by atoms with E-state index in [4.69, 9.17) is 11.6 Å². The first-order valence-corrected chi connectivity index (χ1v) is 7.64. The minimum Gasteiger partial charge on any atom is -0.394 e.